The van der Waals surface area contributed by atoms with Crippen molar-refractivity contribution in [2.75, 3.05) is 12.4 Å². The normalized spacial score (nSPS) is 13.5. The summed E-state index contributed by atoms with van der Waals surface area (Å²) in [7, 11) is 1.34. The molecule has 7 heteroatoms. The first-order chi connectivity index (χ1) is 10.7. The number of esters is 1. The average molecular weight is 336 g/mol. The minimum absolute atomic E-state index is 0.121. The van der Waals surface area contributed by atoms with E-state index in [4.69, 9.17) is 0 Å². The summed E-state index contributed by atoms with van der Waals surface area (Å²) in [5.41, 5.74) is 1.92. The van der Waals surface area contributed by atoms with E-state index < -0.39 is 0 Å². The number of nitrogens with zero attached hydrogens (tertiary/aromatic N) is 1. The zero-order valence-electron chi connectivity index (χ0n) is 12.2. The minimum atomic E-state index is -0.339. The Kier molecular flexibility index (Phi) is 4.54. The Morgan fingerprint density at radius 1 is 1.36 bits per heavy atom. The number of amides is 1. The smallest absolute Gasteiger partial charge is 0.311 e. The summed E-state index contributed by atoms with van der Waals surface area (Å²) in [5.74, 6) is -0.465. The zero-order chi connectivity index (χ0) is 15.5. The molecule has 0 saturated carbocycles. The number of hydrogen-bond acceptors (Lipinski definition) is 6. The van der Waals surface area contributed by atoms with Crippen LogP contribution in [0.25, 0.3) is 0 Å². The number of nitrogens with one attached hydrogen (secondary N) is 1. The van der Waals surface area contributed by atoms with E-state index in [2.05, 4.69) is 15.0 Å². The molecule has 22 heavy (non-hydrogen) atoms. The van der Waals surface area contributed by atoms with Crippen LogP contribution >= 0.6 is 22.7 Å². The maximum atomic E-state index is 12.3. The molecule has 5 nitrogen and oxygen atoms in total. The van der Waals surface area contributed by atoms with Crippen LogP contribution in [0.4, 0.5) is 5.13 Å². The molecule has 1 aliphatic rings. The molecule has 0 unspecified atom stereocenters. The lowest BCUT2D eigenvalue weighted by molar-refractivity contribution is -0.139. The van der Waals surface area contributed by atoms with Crippen molar-refractivity contribution >= 4 is 39.7 Å². The van der Waals surface area contributed by atoms with Crippen LogP contribution in [0.1, 0.15) is 38.6 Å². The highest BCUT2D eigenvalue weighted by atomic mass is 32.1. The molecule has 0 radical (unpaired) electrons. The lowest BCUT2D eigenvalue weighted by Crippen LogP contribution is -2.10. The second kappa shape index (κ2) is 6.58. The highest BCUT2D eigenvalue weighted by molar-refractivity contribution is 7.15. The van der Waals surface area contributed by atoms with Crippen LogP contribution in [0.2, 0.25) is 0 Å². The largest absolute Gasteiger partial charge is 0.469 e. The molecule has 0 spiro atoms. The number of hydrogen-bond donors (Lipinski definition) is 1. The molecule has 3 rings (SSSR count). The maximum absolute atomic E-state index is 12.3. The average Bonchev–Trinajstić information content (AvgIpc) is 3.13. The minimum Gasteiger partial charge on any atom is -0.469 e. The molecule has 1 amide bonds. The van der Waals surface area contributed by atoms with Crippen molar-refractivity contribution in [3.63, 3.8) is 0 Å². The van der Waals surface area contributed by atoms with Gasteiger partial charge in [0.1, 0.15) is 0 Å². The Morgan fingerprint density at radius 3 is 2.95 bits per heavy atom. The summed E-state index contributed by atoms with van der Waals surface area (Å²) in [4.78, 5) is 29.8. The van der Waals surface area contributed by atoms with Gasteiger partial charge < -0.3 is 4.74 Å². The van der Waals surface area contributed by atoms with E-state index in [0.717, 1.165) is 17.7 Å². The summed E-state index contributed by atoms with van der Waals surface area (Å²) in [6.45, 7) is 0. The van der Waals surface area contributed by atoms with E-state index in [1.54, 1.807) is 16.7 Å². The van der Waals surface area contributed by atoms with Gasteiger partial charge in [0, 0.05) is 10.3 Å². The predicted octanol–water partition coefficient (Wildman–Crippen LogP) is 3.05. The van der Waals surface area contributed by atoms with Gasteiger partial charge in [0.05, 0.1) is 24.1 Å². The first-order valence-electron chi connectivity index (χ1n) is 7.10. The number of ether oxygens (including phenoxy) is 1. The number of thiophene rings is 1. The molecule has 116 valence electrons. The van der Waals surface area contributed by atoms with Gasteiger partial charge >= 0.3 is 5.97 Å². The van der Waals surface area contributed by atoms with Gasteiger partial charge in [-0.3, -0.25) is 14.9 Å². The van der Waals surface area contributed by atoms with E-state index in [-0.39, 0.29) is 18.3 Å². The first-order valence-corrected chi connectivity index (χ1v) is 8.79. The Bertz CT molecular complexity index is 682. The summed E-state index contributed by atoms with van der Waals surface area (Å²) in [6, 6.07) is 2.00. The lowest BCUT2D eigenvalue weighted by Gasteiger charge is -2.08. The van der Waals surface area contributed by atoms with Crippen molar-refractivity contribution < 1.29 is 14.3 Å². The number of methoxy groups -OCH3 is 1. The maximum Gasteiger partial charge on any atom is 0.311 e. The van der Waals surface area contributed by atoms with Crippen molar-refractivity contribution in [3.05, 3.63) is 32.5 Å². The number of aryl methyl sites for hydroxylation is 2. The molecular formula is C15H16N2O3S2. The molecule has 0 fully saturated rings. The van der Waals surface area contributed by atoms with Gasteiger partial charge in [-0.2, -0.15) is 0 Å². The predicted molar refractivity (Wildman–Crippen MR) is 86.7 cm³/mol. The van der Waals surface area contributed by atoms with Gasteiger partial charge in [0.25, 0.3) is 5.91 Å². The number of carbonyl (C=O) groups is 2. The van der Waals surface area contributed by atoms with E-state index in [0.29, 0.717) is 10.8 Å². The molecule has 2 aromatic rings. The third-order valence-electron chi connectivity index (χ3n) is 3.55. The Morgan fingerprint density at radius 2 is 2.18 bits per heavy atom. The van der Waals surface area contributed by atoms with Crippen molar-refractivity contribution in [2.45, 2.75) is 32.1 Å². The first kappa shape index (κ1) is 15.2. The summed E-state index contributed by atoms with van der Waals surface area (Å²) in [5, 5.41) is 5.07. The summed E-state index contributed by atoms with van der Waals surface area (Å²) < 4.78 is 4.60. The summed E-state index contributed by atoms with van der Waals surface area (Å²) in [6.07, 6.45) is 4.68. The van der Waals surface area contributed by atoms with Crippen LogP contribution < -0.4 is 5.32 Å². The van der Waals surface area contributed by atoms with Gasteiger partial charge in [-0.05, 0) is 37.3 Å². The fourth-order valence-electron chi connectivity index (χ4n) is 2.43. The van der Waals surface area contributed by atoms with Crippen LogP contribution in [-0.2, 0) is 28.8 Å². The molecule has 0 atom stereocenters. The third-order valence-corrected chi connectivity index (χ3v) is 5.59. The number of carbonyl (C=O) groups excluding carboxylic acids is 2. The SMILES string of the molecule is COC(=O)Cc1csc(NC(=O)c2cc3c(s2)CCCC3)n1. The second-order valence-electron chi connectivity index (χ2n) is 5.12. The number of aromatic nitrogens is 1. The van der Waals surface area contributed by atoms with Crippen LogP contribution in [0.5, 0.6) is 0 Å². The van der Waals surface area contributed by atoms with E-state index in [1.807, 2.05) is 6.07 Å². The topological polar surface area (TPSA) is 68.3 Å². The van der Waals surface area contributed by atoms with Crippen molar-refractivity contribution in [2.24, 2.45) is 0 Å². The van der Waals surface area contributed by atoms with Gasteiger partial charge in [0.15, 0.2) is 5.13 Å². The van der Waals surface area contributed by atoms with Crippen molar-refractivity contribution in [3.8, 4) is 0 Å². The molecule has 0 aliphatic heterocycles. The zero-order valence-corrected chi connectivity index (χ0v) is 13.8. The fraction of sp³-hybridized carbons (Fsp3) is 0.400. The highest BCUT2D eigenvalue weighted by Gasteiger charge is 2.18. The van der Waals surface area contributed by atoms with E-state index >= 15 is 0 Å². The number of rotatable bonds is 4. The molecule has 2 heterocycles. The lowest BCUT2D eigenvalue weighted by atomic mass is 9.99. The molecule has 1 aliphatic carbocycles. The number of fused-ring (bicyclic) bond motifs is 1. The van der Waals surface area contributed by atoms with Crippen molar-refractivity contribution in [1.82, 2.24) is 4.98 Å². The fourth-order valence-corrected chi connectivity index (χ4v) is 4.28. The second-order valence-corrected chi connectivity index (χ2v) is 7.11. The van der Waals surface area contributed by atoms with Crippen molar-refractivity contribution in [1.29, 1.82) is 0 Å². The Balaban J connectivity index is 1.66. The Labute approximate surface area is 136 Å². The summed E-state index contributed by atoms with van der Waals surface area (Å²) >= 11 is 2.89. The van der Waals surface area contributed by atoms with Gasteiger partial charge in [0.2, 0.25) is 0 Å². The van der Waals surface area contributed by atoms with Crippen LogP contribution in [0, 0.1) is 0 Å². The molecule has 0 saturated heterocycles. The molecular weight excluding hydrogens is 320 g/mol. The van der Waals surface area contributed by atoms with Crippen LogP contribution in [0.3, 0.4) is 0 Å². The molecule has 1 N–H and O–H groups in total. The monoisotopic (exact) mass is 336 g/mol. The standard InChI is InChI=1S/C15H16N2O3S2/c1-20-13(18)7-10-8-21-15(16-10)17-14(19)12-6-9-4-2-3-5-11(9)22-12/h6,8H,2-5,7H2,1H3,(H,16,17,19). The molecule has 0 aromatic carbocycles. The van der Waals surface area contributed by atoms with Crippen LogP contribution in [-0.4, -0.2) is 24.0 Å². The quantitative estimate of drug-likeness (QED) is 0.871. The van der Waals surface area contributed by atoms with Gasteiger partial charge in [-0.1, -0.05) is 0 Å². The number of anilines is 1. The Hall–Kier alpha value is -1.73. The number of thiazole rings is 1. The van der Waals surface area contributed by atoms with E-state index in [1.165, 1.54) is 41.7 Å². The van der Waals surface area contributed by atoms with Gasteiger partial charge in [-0.15, -0.1) is 22.7 Å². The molecule has 0 bridgehead atoms. The van der Waals surface area contributed by atoms with E-state index in [9.17, 15) is 9.59 Å². The highest BCUT2D eigenvalue weighted by Crippen LogP contribution is 2.30. The molecule has 2 aromatic heterocycles. The van der Waals surface area contributed by atoms with Crippen LogP contribution in [0.15, 0.2) is 11.4 Å². The van der Waals surface area contributed by atoms with Gasteiger partial charge in [-0.25, -0.2) is 4.98 Å². The third kappa shape index (κ3) is 3.36.